The summed E-state index contributed by atoms with van der Waals surface area (Å²) in [6.45, 7) is 2.95. The van der Waals surface area contributed by atoms with Gasteiger partial charge in [-0.15, -0.1) is 0 Å². The van der Waals surface area contributed by atoms with Gasteiger partial charge in [-0.05, 0) is 36.4 Å². The first kappa shape index (κ1) is 20.9. The van der Waals surface area contributed by atoms with Crippen LogP contribution < -0.4 is 4.74 Å². The predicted molar refractivity (Wildman–Crippen MR) is 109 cm³/mol. The van der Waals surface area contributed by atoms with E-state index >= 15 is 0 Å². The number of hydrogen-bond donors (Lipinski definition) is 0. The number of benzene rings is 1. The Balaban J connectivity index is 1.33. The molecule has 4 rings (SSSR count). The molecule has 0 N–H and O–H groups in total. The number of nitrogens with zero attached hydrogens (tertiary/aromatic N) is 5. The summed E-state index contributed by atoms with van der Waals surface area (Å²) in [5.74, 6) is 1.33. The van der Waals surface area contributed by atoms with Gasteiger partial charge in [0.25, 0.3) is 5.91 Å². The van der Waals surface area contributed by atoms with Crippen LogP contribution in [0.25, 0.3) is 0 Å². The number of ether oxygens (including phenoxy) is 1. The molecule has 10 nitrogen and oxygen atoms in total. The van der Waals surface area contributed by atoms with Crippen LogP contribution in [-0.2, 0) is 16.6 Å². The lowest BCUT2D eigenvalue weighted by Gasteiger charge is -2.34. The molecule has 0 bridgehead atoms. The van der Waals surface area contributed by atoms with Crippen molar-refractivity contribution in [2.45, 2.75) is 18.4 Å². The third kappa shape index (κ3) is 4.72. The summed E-state index contributed by atoms with van der Waals surface area (Å²) in [5, 5.41) is 3.76. The van der Waals surface area contributed by atoms with Gasteiger partial charge in [0.15, 0.2) is 6.61 Å². The Bertz CT molecular complexity index is 1140. The molecule has 1 fully saturated rings. The fraction of sp³-hybridized carbons (Fsp3) is 0.300. The number of rotatable bonds is 6. The van der Waals surface area contributed by atoms with Gasteiger partial charge < -0.3 is 14.2 Å². The third-order valence-electron chi connectivity index (χ3n) is 4.84. The molecule has 3 aromatic rings. The largest absolute Gasteiger partial charge is 0.485 e. The van der Waals surface area contributed by atoms with Gasteiger partial charge in [-0.2, -0.15) is 9.29 Å². The standard InChI is InChI=1S/C20H21N5O5S/c1-15-22-19(23-30-15)14-29-17-6-4-16(5-7-17)20(26)24-9-11-25(12-10-24)31(27,28)18-3-2-8-21-13-18/h2-8,13H,9-12,14H2,1H3. The maximum absolute atomic E-state index is 12.8. The first-order valence-electron chi connectivity index (χ1n) is 9.65. The maximum Gasteiger partial charge on any atom is 0.253 e. The van der Waals surface area contributed by atoms with Crippen LogP contribution in [0.2, 0.25) is 0 Å². The highest BCUT2D eigenvalue weighted by Crippen LogP contribution is 2.19. The second-order valence-corrected chi connectivity index (χ2v) is 8.87. The van der Waals surface area contributed by atoms with Crippen LogP contribution in [0, 0.1) is 6.92 Å². The van der Waals surface area contributed by atoms with Gasteiger partial charge in [0, 0.05) is 51.1 Å². The zero-order chi connectivity index (χ0) is 21.8. The zero-order valence-corrected chi connectivity index (χ0v) is 17.7. The van der Waals surface area contributed by atoms with Crippen LogP contribution in [0.4, 0.5) is 0 Å². The predicted octanol–water partition coefficient (Wildman–Crippen LogP) is 1.50. The number of aryl methyl sites for hydroxylation is 1. The molecule has 2 aromatic heterocycles. The summed E-state index contributed by atoms with van der Waals surface area (Å²) in [4.78, 5) is 22.5. The lowest BCUT2D eigenvalue weighted by Crippen LogP contribution is -2.50. The molecule has 162 valence electrons. The van der Waals surface area contributed by atoms with Crippen molar-refractivity contribution in [1.29, 1.82) is 0 Å². The van der Waals surface area contributed by atoms with E-state index in [1.54, 1.807) is 42.2 Å². The van der Waals surface area contributed by atoms with E-state index in [-0.39, 0.29) is 30.5 Å². The number of amides is 1. The summed E-state index contributed by atoms with van der Waals surface area (Å²) in [6.07, 6.45) is 2.86. The summed E-state index contributed by atoms with van der Waals surface area (Å²) in [5.41, 5.74) is 0.506. The van der Waals surface area contributed by atoms with Crippen LogP contribution in [0.5, 0.6) is 5.75 Å². The van der Waals surface area contributed by atoms with Gasteiger partial charge in [-0.3, -0.25) is 9.78 Å². The summed E-state index contributed by atoms with van der Waals surface area (Å²) < 4.78 is 37.2. The third-order valence-corrected chi connectivity index (χ3v) is 6.72. The van der Waals surface area contributed by atoms with Crippen molar-refractivity contribution in [3.63, 3.8) is 0 Å². The molecular weight excluding hydrogens is 422 g/mol. The molecule has 0 unspecified atom stereocenters. The highest BCUT2D eigenvalue weighted by atomic mass is 32.2. The Morgan fingerprint density at radius 2 is 1.87 bits per heavy atom. The van der Waals surface area contributed by atoms with Crippen molar-refractivity contribution in [2.75, 3.05) is 26.2 Å². The Hall–Kier alpha value is -3.31. The quantitative estimate of drug-likeness (QED) is 0.562. The molecule has 0 spiro atoms. The minimum atomic E-state index is -3.61. The average Bonchev–Trinajstić information content (AvgIpc) is 3.23. The number of carbonyl (C=O) groups excluding carboxylic acids is 1. The molecule has 1 aromatic carbocycles. The van der Waals surface area contributed by atoms with Crippen molar-refractivity contribution in [3.8, 4) is 5.75 Å². The van der Waals surface area contributed by atoms with Gasteiger partial charge in [-0.25, -0.2) is 8.42 Å². The second kappa shape index (κ2) is 8.82. The van der Waals surface area contributed by atoms with Gasteiger partial charge in [-0.1, -0.05) is 5.16 Å². The van der Waals surface area contributed by atoms with E-state index in [9.17, 15) is 13.2 Å². The van der Waals surface area contributed by atoms with Crippen molar-refractivity contribution < 1.29 is 22.5 Å². The van der Waals surface area contributed by atoms with Gasteiger partial charge in [0.05, 0.1) is 0 Å². The number of carbonyl (C=O) groups is 1. The topological polar surface area (TPSA) is 119 Å². The van der Waals surface area contributed by atoms with Gasteiger partial charge >= 0.3 is 0 Å². The Kier molecular flexibility index (Phi) is 5.96. The molecule has 0 aliphatic carbocycles. The van der Waals surface area contributed by atoms with Gasteiger partial charge in [0.1, 0.15) is 10.6 Å². The fourth-order valence-corrected chi connectivity index (χ4v) is 4.59. The van der Waals surface area contributed by atoms with E-state index in [0.29, 0.717) is 36.1 Å². The van der Waals surface area contributed by atoms with Crippen LogP contribution in [0.3, 0.4) is 0 Å². The molecule has 1 aliphatic rings. The number of piperazine rings is 1. The molecule has 0 atom stereocenters. The highest BCUT2D eigenvalue weighted by molar-refractivity contribution is 7.89. The number of sulfonamides is 1. The van der Waals surface area contributed by atoms with Crippen molar-refractivity contribution in [1.82, 2.24) is 24.3 Å². The van der Waals surface area contributed by atoms with Gasteiger partial charge in [0.2, 0.25) is 21.7 Å². The molecule has 1 amide bonds. The van der Waals surface area contributed by atoms with Crippen molar-refractivity contribution in [2.24, 2.45) is 0 Å². The molecule has 3 heterocycles. The first-order valence-corrected chi connectivity index (χ1v) is 11.1. The number of aromatic nitrogens is 3. The maximum atomic E-state index is 12.8. The molecular formula is C20H21N5O5S. The average molecular weight is 443 g/mol. The van der Waals surface area contributed by atoms with Crippen molar-refractivity contribution in [3.05, 3.63) is 66.1 Å². The van der Waals surface area contributed by atoms with Crippen LogP contribution in [0.1, 0.15) is 22.1 Å². The molecule has 1 aliphatic heterocycles. The number of hydrogen-bond acceptors (Lipinski definition) is 8. The minimum absolute atomic E-state index is 0.154. The van der Waals surface area contributed by atoms with Crippen LogP contribution >= 0.6 is 0 Å². The second-order valence-electron chi connectivity index (χ2n) is 6.93. The monoisotopic (exact) mass is 443 g/mol. The zero-order valence-electron chi connectivity index (χ0n) is 16.8. The lowest BCUT2D eigenvalue weighted by atomic mass is 10.2. The van der Waals surface area contributed by atoms with E-state index in [0.717, 1.165) is 0 Å². The summed E-state index contributed by atoms with van der Waals surface area (Å²) in [7, 11) is -3.61. The Morgan fingerprint density at radius 1 is 1.13 bits per heavy atom. The SMILES string of the molecule is Cc1nc(COc2ccc(C(=O)N3CCN(S(=O)(=O)c4cccnc4)CC3)cc2)no1. The van der Waals surface area contributed by atoms with E-state index in [4.69, 9.17) is 9.26 Å². The molecule has 0 radical (unpaired) electrons. The van der Waals surface area contributed by atoms with E-state index in [2.05, 4.69) is 15.1 Å². The molecule has 0 saturated carbocycles. The van der Waals surface area contributed by atoms with E-state index < -0.39 is 10.0 Å². The first-order chi connectivity index (χ1) is 14.9. The fourth-order valence-electron chi connectivity index (χ4n) is 3.20. The molecule has 1 saturated heterocycles. The van der Waals surface area contributed by atoms with Crippen molar-refractivity contribution >= 4 is 15.9 Å². The Labute approximate surface area is 179 Å². The molecule has 31 heavy (non-hydrogen) atoms. The summed E-state index contributed by atoms with van der Waals surface area (Å²) >= 11 is 0. The normalized spacial score (nSPS) is 15.1. The number of pyridine rings is 1. The van der Waals surface area contributed by atoms with E-state index in [1.807, 2.05) is 0 Å². The lowest BCUT2D eigenvalue weighted by molar-refractivity contribution is 0.0698. The molecule has 11 heteroatoms. The van der Waals surface area contributed by atoms with E-state index in [1.165, 1.54) is 22.8 Å². The minimum Gasteiger partial charge on any atom is -0.485 e. The smallest absolute Gasteiger partial charge is 0.253 e. The highest BCUT2D eigenvalue weighted by Gasteiger charge is 2.30. The van der Waals surface area contributed by atoms with Crippen LogP contribution in [-0.4, -0.2) is 64.8 Å². The Morgan fingerprint density at radius 3 is 2.48 bits per heavy atom. The summed E-state index contributed by atoms with van der Waals surface area (Å²) in [6, 6.07) is 9.86. The van der Waals surface area contributed by atoms with Crippen LogP contribution in [0.15, 0.2) is 58.2 Å².